The van der Waals surface area contributed by atoms with E-state index in [0.29, 0.717) is 0 Å². The van der Waals surface area contributed by atoms with Crippen LogP contribution in [0.1, 0.15) is 47.1 Å². The van der Waals surface area contributed by atoms with E-state index in [1.807, 2.05) is 0 Å². The first-order valence-electron chi connectivity index (χ1n) is 15.1. The van der Waals surface area contributed by atoms with Gasteiger partial charge in [0.25, 0.3) is 5.91 Å². The summed E-state index contributed by atoms with van der Waals surface area (Å²) in [5, 5.41) is 3.15. The van der Waals surface area contributed by atoms with E-state index < -0.39 is 0 Å². The molecule has 3 nitrogen and oxygen atoms in total. The van der Waals surface area contributed by atoms with Gasteiger partial charge in [0.05, 0.1) is 20.1 Å². The van der Waals surface area contributed by atoms with Crippen molar-refractivity contribution in [1.82, 2.24) is 0 Å². The minimum Gasteiger partial charge on any atom is -0.322 e. The third-order valence-corrected chi connectivity index (χ3v) is 9.11. The van der Waals surface area contributed by atoms with Crippen LogP contribution in [0, 0.1) is 12.8 Å². The molecule has 0 spiro atoms. The number of aryl methyl sites for hydroxylation is 2. The zero-order valence-corrected chi connectivity index (χ0v) is 24.4. The Kier molecular flexibility index (Phi) is 7.89. The normalized spacial score (nSPS) is 20.1. The van der Waals surface area contributed by atoms with E-state index in [0.717, 1.165) is 46.6 Å². The molecule has 1 fully saturated rings. The quantitative estimate of drug-likeness (QED) is 0.235. The van der Waals surface area contributed by atoms with Gasteiger partial charge in [0.1, 0.15) is 6.54 Å². The van der Waals surface area contributed by atoms with Gasteiger partial charge in [-0.2, -0.15) is 0 Å². The number of fused-ring (bicyclic) bond motifs is 1. The van der Waals surface area contributed by atoms with Gasteiger partial charge in [0, 0.05) is 16.8 Å². The third-order valence-electron chi connectivity index (χ3n) is 9.11. The molecule has 0 aromatic heterocycles. The number of carbonyl (C=O) groups is 1. The zero-order valence-electron chi connectivity index (χ0n) is 24.4. The van der Waals surface area contributed by atoms with Gasteiger partial charge in [0.2, 0.25) is 0 Å². The average Bonchev–Trinajstić information content (AvgIpc) is 3.00. The second kappa shape index (κ2) is 11.9. The summed E-state index contributed by atoms with van der Waals surface area (Å²) in [6.07, 6.45) is 7.50. The van der Waals surface area contributed by atoms with Crippen molar-refractivity contribution < 1.29 is 9.28 Å². The van der Waals surface area contributed by atoms with Crippen LogP contribution in [0.3, 0.4) is 0 Å². The molecule has 1 heterocycles. The standard InChI is InChI=1S/C38H40N2O/c1-28-8-12-32(13-9-28)34-16-14-33-15-17-35(26-36(33)25-34)38(41)39-37-18-10-31(11-19-37)27-40(2)22-20-30(21-23-40)24-29-6-4-3-5-7-29/h3-14,16,18-19,25-26,30H,15,17,20-24,27H2,1-2H3/p+1. The molecule has 1 aliphatic carbocycles. The highest BCUT2D eigenvalue weighted by molar-refractivity contribution is 6.07. The summed E-state index contributed by atoms with van der Waals surface area (Å²) in [7, 11) is 2.39. The van der Waals surface area contributed by atoms with Crippen molar-refractivity contribution in [2.75, 3.05) is 25.5 Å². The van der Waals surface area contributed by atoms with Crippen molar-refractivity contribution in [2.45, 2.75) is 45.6 Å². The number of anilines is 1. The summed E-state index contributed by atoms with van der Waals surface area (Å²) in [5.41, 5.74) is 10.6. The first-order chi connectivity index (χ1) is 19.9. The number of hydrogen-bond donors (Lipinski definition) is 1. The number of piperidine rings is 1. The first kappa shape index (κ1) is 27.2. The molecule has 6 rings (SSSR count). The number of nitrogens with zero attached hydrogens (tertiary/aromatic N) is 1. The van der Waals surface area contributed by atoms with Gasteiger partial charge in [-0.15, -0.1) is 0 Å². The van der Waals surface area contributed by atoms with Gasteiger partial charge in [0.15, 0.2) is 0 Å². The summed E-state index contributed by atoms with van der Waals surface area (Å²) < 4.78 is 1.09. The molecule has 0 atom stereocenters. The molecule has 41 heavy (non-hydrogen) atoms. The lowest BCUT2D eigenvalue weighted by atomic mass is 9.89. The Hall–Kier alpha value is -3.95. The number of quaternary nitrogens is 1. The predicted octanol–water partition coefficient (Wildman–Crippen LogP) is 8.23. The highest BCUT2D eigenvalue weighted by Gasteiger charge is 2.30. The summed E-state index contributed by atoms with van der Waals surface area (Å²) in [6.45, 7) is 5.59. The Balaban J connectivity index is 1.05. The van der Waals surface area contributed by atoms with Crippen molar-refractivity contribution in [3.8, 4) is 11.1 Å². The van der Waals surface area contributed by atoms with Gasteiger partial charge in [-0.25, -0.2) is 0 Å². The van der Waals surface area contributed by atoms with E-state index in [2.05, 4.69) is 122 Å². The molecule has 0 bridgehead atoms. The van der Waals surface area contributed by atoms with Crippen LogP contribution in [-0.4, -0.2) is 30.5 Å². The van der Waals surface area contributed by atoms with Crippen LogP contribution in [0.4, 0.5) is 5.69 Å². The molecule has 1 amide bonds. The zero-order chi connectivity index (χ0) is 28.2. The number of likely N-dealkylation sites (tertiary alicyclic amines) is 1. The largest absolute Gasteiger partial charge is 0.322 e. The van der Waals surface area contributed by atoms with Crippen molar-refractivity contribution in [3.05, 3.63) is 130 Å². The molecule has 1 N–H and O–H groups in total. The number of nitrogens with one attached hydrogen (secondary N) is 1. The Labute approximate surface area is 245 Å². The fourth-order valence-corrected chi connectivity index (χ4v) is 6.49. The Bertz CT molecular complexity index is 1530. The monoisotopic (exact) mass is 541 g/mol. The van der Waals surface area contributed by atoms with Gasteiger partial charge < -0.3 is 9.80 Å². The maximum atomic E-state index is 13.2. The first-order valence-corrected chi connectivity index (χ1v) is 15.1. The van der Waals surface area contributed by atoms with Crippen molar-refractivity contribution in [1.29, 1.82) is 0 Å². The third kappa shape index (κ3) is 6.69. The van der Waals surface area contributed by atoms with Gasteiger partial charge in [-0.05, 0) is 97.0 Å². The Morgan fingerprint density at radius 2 is 1.51 bits per heavy atom. The molecular weight excluding hydrogens is 500 g/mol. The molecule has 3 heteroatoms. The molecule has 4 aromatic rings. The van der Waals surface area contributed by atoms with E-state index in [1.54, 1.807) is 0 Å². The van der Waals surface area contributed by atoms with Crippen molar-refractivity contribution in [3.63, 3.8) is 0 Å². The van der Waals surface area contributed by atoms with E-state index in [-0.39, 0.29) is 5.91 Å². The molecule has 208 valence electrons. The lowest BCUT2D eigenvalue weighted by molar-refractivity contribution is -0.928. The second-order valence-corrected chi connectivity index (χ2v) is 12.5. The molecule has 1 saturated heterocycles. The highest BCUT2D eigenvalue weighted by atomic mass is 16.1. The molecule has 1 aliphatic heterocycles. The van der Waals surface area contributed by atoms with Crippen molar-refractivity contribution >= 4 is 17.7 Å². The number of benzene rings is 4. The van der Waals surface area contributed by atoms with E-state index in [1.165, 1.54) is 65.7 Å². The number of rotatable bonds is 7. The van der Waals surface area contributed by atoms with E-state index in [4.69, 9.17) is 0 Å². The van der Waals surface area contributed by atoms with Crippen LogP contribution in [-0.2, 0) is 24.2 Å². The Morgan fingerprint density at radius 3 is 2.24 bits per heavy atom. The number of carbonyl (C=O) groups excluding carboxylic acids is 1. The molecular formula is C38H41N2O+. The molecule has 0 saturated carbocycles. The van der Waals surface area contributed by atoms with Crippen LogP contribution in [0.2, 0.25) is 0 Å². The van der Waals surface area contributed by atoms with Crippen molar-refractivity contribution in [2.24, 2.45) is 5.92 Å². The fourth-order valence-electron chi connectivity index (χ4n) is 6.49. The second-order valence-electron chi connectivity index (χ2n) is 12.5. The SMILES string of the molecule is Cc1ccc(-c2ccc3c(c2)C=C(C(=O)Nc2ccc(C[N+]4(C)CCC(Cc5ccccc5)CC4)cc2)CC3)cc1. The topological polar surface area (TPSA) is 29.1 Å². The summed E-state index contributed by atoms with van der Waals surface area (Å²) in [6, 6.07) is 34.7. The van der Waals surface area contributed by atoms with Crippen LogP contribution in [0.25, 0.3) is 17.2 Å². The van der Waals surface area contributed by atoms with Crippen LogP contribution >= 0.6 is 0 Å². The highest BCUT2D eigenvalue weighted by Crippen LogP contribution is 2.31. The summed E-state index contributed by atoms with van der Waals surface area (Å²) in [4.78, 5) is 13.2. The lowest BCUT2D eigenvalue weighted by Gasteiger charge is -2.41. The smallest absolute Gasteiger partial charge is 0.251 e. The van der Waals surface area contributed by atoms with Crippen LogP contribution in [0.15, 0.2) is 103 Å². The number of hydrogen-bond acceptors (Lipinski definition) is 1. The van der Waals surface area contributed by atoms with Gasteiger partial charge in [-0.3, -0.25) is 4.79 Å². The maximum Gasteiger partial charge on any atom is 0.251 e. The average molecular weight is 542 g/mol. The molecule has 0 radical (unpaired) electrons. The van der Waals surface area contributed by atoms with Crippen LogP contribution < -0.4 is 5.32 Å². The maximum absolute atomic E-state index is 13.2. The minimum atomic E-state index is 0.00335. The fraction of sp³-hybridized carbons (Fsp3) is 0.289. The minimum absolute atomic E-state index is 0.00335. The van der Waals surface area contributed by atoms with Gasteiger partial charge >= 0.3 is 0 Å². The molecule has 4 aromatic carbocycles. The Morgan fingerprint density at radius 1 is 0.805 bits per heavy atom. The summed E-state index contributed by atoms with van der Waals surface area (Å²) >= 11 is 0. The molecule has 2 aliphatic rings. The lowest BCUT2D eigenvalue weighted by Crippen LogP contribution is -2.49. The number of amides is 1. The van der Waals surface area contributed by atoms with Crippen LogP contribution in [0.5, 0.6) is 0 Å². The summed E-state index contributed by atoms with van der Waals surface area (Å²) in [5.74, 6) is 0.792. The molecule has 0 unspecified atom stereocenters. The van der Waals surface area contributed by atoms with Gasteiger partial charge in [-0.1, -0.05) is 84.4 Å². The van der Waals surface area contributed by atoms with E-state index in [9.17, 15) is 4.79 Å². The van der Waals surface area contributed by atoms with E-state index >= 15 is 0 Å². The predicted molar refractivity (Wildman–Crippen MR) is 170 cm³/mol.